The highest BCUT2D eigenvalue weighted by Gasteiger charge is 2.23. The van der Waals surface area contributed by atoms with Crippen LogP contribution in [0.5, 0.6) is 0 Å². The van der Waals surface area contributed by atoms with Gasteiger partial charge in [0, 0.05) is 12.3 Å². The first-order chi connectivity index (χ1) is 5.74. The van der Waals surface area contributed by atoms with Crippen LogP contribution in [0.4, 0.5) is 0 Å². The Labute approximate surface area is 73.3 Å². The van der Waals surface area contributed by atoms with Crippen LogP contribution in [-0.2, 0) is 9.59 Å². The van der Waals surface area contributed by atoms with Crippen molar-refractivity contribution in [1.29, 1.82) is 0 Å². The van der Waals surface area contributed by atoms with E-state index in [0.29, 0.717) is 18.1 Å². The van der Waals surface area contributed by atoms with Crippen molar-refractivity contribution in [3.63, 3.8) is 0 Å². The molecule has 12 heavy (non-hydrogen) atoms. The van der Waals surface area contributed by atoms with E-state index in [1.54, 1.807) is 6.92 Å². The van der Waals surface area contributed by atoms with Gasteiger partial charge < -0.3 is 4.79 Å². The summed E-state index contributed by atoms with van der Waals surface area (Å²) in [5.41, 5.74) is 0. The average Bonchev–Trinajstić information content (AvgIpc) is 2.06. The van der Waals surface area contributed by atoms with Crippen LogP contribution in [0.15, 0.2) is 0 Å². The second-order valence-corrected chi connectivity index (χ2v) is 3.73. The second kappa shape index (κ2) is 4.39. The lowest BCUT2D eigenvalue weighted by molar-refractivity contribution is -0.121. The molecule has 0 aromatic carbocycles. The van der Waals surface area contributed by atoms with Gasteiger partial charge >= 0.3 is 0 Å². The molecule has 2 heteroatoms. The topological polar surface area (TPSA) is 34.1 Å². The van der Waals surface area contributed by atoms with Gasteiger partial charge in [-0.15, -0.1) is 0 Å². The molecule has 0 amide bonds. The highest BCUT2D eigenvalue weighted by molar-refractivity contribution is 5.78. The van der Waals surface area contributed by atoms with E-state index in [0.717, 1.165) is 32.0 Å². The molecule has 1 saturated carbocycles. The third-order valence-electron chi connectivity index (χ3n) is 2.85. The molecular formula is C10H16O2. The molecular weight excluding hydrogens is 152 g/mol. The first kappa shape index (κ1) is 9.43. The van der Waals surface area contributed by atoms with E-state index in [9.17, 15) is 9.59 Å². The Hall–Kier alpha value is -0.660. The Balaban J connectivity index is 2.29. The predicted molar refractivity (Wildman–Crippen MR) is 46.8 cm³/mol. The average molecular weight is 168 g/mol. The van der Waals surface area contributed by atoms with Crippen molar-refractivity contribution in [1.82, 2.24) is 0 Å². The summed E-state index contributed by atoms with van der Waals surface area (Å²) in [7, 11) is 0. The van der Waals surface area contributed by atoms with E-state index in [2.05, 4.69) is 0 Å². The van der Waals surface area contributed by atoms with E-state index in [1.165, 1.54) is 0 Å². The molecule has 0 radical (unpaired) electrons. The Bertz CT molecular complexity index is 167. The normalized spacial score (nSPS) is 29.8. The molecule has 1 rings (SSSR count). The van der Waals surface area contributed by atoms with Crippen LogP contribution in [0, 0.1) is 11.8 Å². The van der Waals surface area contributed by atoms with Gasteiger partial charge in [0.05, 0.1) is 0 Å². The van der Waals surface area contributed by atoms with Crippen molar-refractivity contribution in [2.24, 2.45) is 11.8 Å². The number of hydrogen-bond donors (Lipinski definition) is 0. The number of aldehydes is 1. The Morgan fingerprint density at radius 3 is 2.33 bits per heavy atom. The third kappa shape index (κ3) is 2.43. The molecule has 0 aliphatic heterocycles. The van der Waals surface area contributed by atoms with Gasteiger partial charge in [-0.3, -0.25) is 4.79 Å². The maximum Gasteiger partial charge on any atom is 0.132 e. The van der Waals surface area contributed by atoms with Crippen LogP contribution >= 0.6 is 0 Å². The van der Waals surface area contributed by atoms with Crippen molar-refractivity contribution in [3.05, 3.63) is 0 Å². The highest BCUT2D eigenvalue weighted by Crippen LogP contribution is 2.30. The predicted octanol–water partition coefficient (Wildman–Crippen LogP) is 1.97. The van der Waals surface area contributed by atoms with E-state index < -0.39 is 0 Å². The fraction of sp³-hybridized carbons (Fsp3) is 0.800. The first-order valence-electron chi connectivity index (χ1n) is 4.68. The lowest BCUT2D eigenvalue weighted by Crippen LogP contribution is -2.19. The molecule has 1 fully saturated rings. The minimum Gasteiger partial charge on any atom is -0.303 e. The fourth-order valence-corrected chi connectivity index (χ4v) is 1.94. The Morgan fingerprint density at radius 2 is 1.92 bits per heavy atom. The van der Waals surface area contributed by atoms with Crippen LogP contribution < -0.4 is 0 Å². The number of ketones is 1. The minimum atomic E-state index is 0.285. The van der Waals surface area contributed by atoms with Gasteiger partial charge in [0.25, 0.3) is 0 Å². The van der Waals surface area contributed by atoms with Crippen LogP contribution in [0.3, 0.4) is 0 Å². The molecule has 0 atom stereocenters. The van der Waals surface area contributed by atoms with E-state index in [1.807, 2.05) is 0 Å². The van der Waals surface area contributed by atoms with Gasteiger partial charge in [0.15, 0.2) is 0 Å². The van der Waals surface area contributed by atoms with Crippen LogP contribution in [0.1, 0.15) is 39.0 Å². The van der Waals surface area contributed by atoms with Gasteiger partial charge in [-0.1, -0.05) is 0 Å². The molecule has 0 spiro atoms. The zero-order valence-electron chi connectivity index (χ0n) is 7.58. The maximum atomic E-state index is 11.0. The molecule has 1 aliphatic carbocycles. The van der Waals surface area contributed by atoms with E-state index in [4.69, 9.17) is 0 Å². The van der Waals surface area contributed by atoms with Crippen LogP contribution in [-0.4, -0.2) is 12.1 Å². The molecule has 0 N–H and O–H groups in total. The summed E-state index contributed by atoms with van der Waals surface area (Å²) in [6.45, 7) is 1.67. The number of Topliss-reactive ketones (excluding diaryl/α,β-unsaturated/α-hetero) is 1. The summed E-state index contributed by atoms with van der Waals surface area (Å²) in [5.74, 6) is 1.16. The first-order valence-corrected chi connectivity index (χ1v) is 4.68. The van der Waals surface area contributed by atoms with E-state index >= 15 is 0 Å². The summed E-state index contributed by atoms with van der Waals surface area (Å²) < 4.78 is 0. The van der Waals surface area contributed by atoms with Crippen molar-refractivity contribution >= 4 is 12.1 Å². The number of carbonyl (C=O) groups is 2. The minimum absolute atomic E-state index is 0.285. The number of carbonyl (C=O) groups excluding carboxylic acids is 2. The quantitative estimate of drug-likeness (QED) is 0.604. The monoisotopic (exact) mass is 168 g/mol. The van der Waals surface area contributed by atoms with E-state index in [-0.39, 0.29) is 5.92 Å². The molecule has 2 nitrogen and oxygen atoms in total. The molecule has 0 bridgehead atoms. The zero-order valence-corrected chi connectivity index (χ0v) is 7.58. The van der Waals surface area contributed by atoms with Crippen molar-refractivity contribution in [2.45, 2.75) is 39.0 Å². The standard InChI is InChI=1S/C10H16O2/c1-8(12)10-4-2-9(3-5-10)6-7-11/h7,9-10H,2-6H2,1H3. The SMILES string of the molecule is CC(=O)C1CCC(CC=O)CC1. The molecule has 0 saturated heterocycles. The molecule has 1 aliphatic rings. The fourth-order valence-electron chi connectivity index (χ4n) is 1.94. The van der Waals surface area contributed by atoms with Crippen molar-refractivity contribution in [2.75, 3.05) is 0 Å². The van der Waals surface area contributed by atoms with Gasteiger partial charge in [-0.25, -0.2) is 0 Å². The lowest BCUT2D eigenvalue weighted by atomic mass is 9.79. The van der Waals surface area contributed by atoms with Gasteiger partial charge in [-0.2, -0.15) is 0 Å². The molecule has 0 unspecified atom stereocenters. The largest absolute Gasteiger partial charge is 0.303 e. The molecule has 0 aromatic heterocycles. The summed E-state index contributed by atoms with van der Waals surface area (Å²) in [6.07, 6.45) is 5.79. The lowest BCUT2D eigenvalue weighted by Gasteiger charge is -2.25. The Kier molecular flexibility index (Phi) is 3.45. The van der Waals surface area contributed by atoms with Crippen molar-refractivity contribution < 1.29 is 9.59 Å². The van der Waals surface area contributed by atoms with Crippen molar-refractivity contribution in [3.8, 4) is 0 Å². The Morgan fingerprint density at radius 1 is 1.33 bits per heavy atom. The van der Waals surface area contributed by atoms with Gasteiger partial charge in [0.2, 0.25) is 0 Å². The summed E-state index contributed by atoms with van der Waals surface area (Å²) in [5, 5.41) is 0. The smallest absolute Gasteiger partial charge is 0.132 e. The third-order valence-corrected chi connectivity index (χ3v) is 2.85. The molecule has 0 heterocycles. The van der Waals surface area contributed by atoms with Gasteiger partial charge in [-0.05, 0) is 38.5 Å². The summed E-state index contributed by atoms with van der Waals surface area (Å²) in [6, 6.07) is 0. The number of rotatable bonds is 3. The maximum absolute atomic E-state index is 11.0. The number of hydrogen-bond acceptors (Lipinski definition) is 2. The zero-order chi connectivity index (χ0) is 8.97. The van der Waals surface area contributed by atoms with Crippen LogP contribution in [0.2, 0.25) is 0 Å². The van der Waals surface area contributed by atoms with Gasteiger partial charge in [0.1, 0.15) is 12.1 Å². The molecule has 68 valence electrons. The summed E-state index contributed by atoms with van der Waals surface area (Å²) >= 11 is 0. The highest BCUT2D eigenvalue weighted by atomic mass is 16.1. The molecule has 0 aromatic rings. The summed E-state index contributed by atoms with van der Waals surface area (Å²) in [4.78, 5) is 21.2. The second-order valence-electron chi connectivity index (χ2n) is 3.73. The van der Waals surface area contributed by atoms with Crippen LogP contribution in [0.25, 0.3) is 0 Å².